The van der Waals surface area contributed by atoms with E-state index in [0.29, 0.717) is 11.6 Å². The summed E-state index contributed by atoms with van der Waals surface area (Å²) in [7, 11) is 0. The zero-order valence-corrected chi connectivity index (χ0v) is 10.7. The number of amides is 1. The molecule has 0 heterocycles. The number of nitrogen functional groups attached to an aromatic ring is 1. The molecule has 0 fully saturated rings. The van der Waals surface area contributed by atoms with Crippen LogP contribution in [-0.2, 0) is 6.54 Å². The standard InChI is InChI=1S/C14H12ClFN2O/c15-10-3-1-9(2-4-10)8-18-14(19)12-6-5-11(17)7-13(12)16/h1-7H,8,17H2,(H,18,19). The summed E-state index contributed by atoms with van der Waals surface area (Å²) in [4.78, 5) is 11.8. The zero-order chi connectivity index (χ0) is 13.8. The van der Waals surface area contributed by atoms with E-state index in [2.05, 4.69) is 5.32 Å². The quantitative estimate of drug-likeness (QED) is 0.848. The van der Waals surface area contributed by atoms with Crippen LogP contribution >= 0.6 is 11.6 Å². The number of hydrogen-bond acceptors (Lipinski definition) is 2. The van der Waals surface area contributed by atoms with Crippen LogP contribution in [0, 0.1) is 5.82 Å². The van der Waals surface area contributed by atoms with Crippen molar-refractivity contribution in [1.29, 1.82) is 0 Å². The molecule has 3 nitrogen and oxygen atoms in total. The highest BCUT2D eigenvalue weighted by Crippen LogP contribution is 2.12. The van der Waals surface area contributed by atoms with Gasteiger partial charge in [-0.3, -0.25) is 4.79 Å². The highest BCUT2D eigenvalue weighted by molar-refractivity contribution is 6.30. The van der Waals surface area contributed by atoms with E-state index < -0.39 is 11.7 Å². The summed E-state index contributed by atoms with van der Waals surface area (Å²) in [5.74, 6) is -1.11. The number of nitrogens with one attached hydrogen (secondary N) is 1. The molecule has 0 bridgehead atoms. The molecule has 0 spiro atoms. The van der Waals surface area contributed by atoms with Crippen LogP contribution in [-0.4, -0.2) is 5.91 Å². The maximum Gasteiger partial charge on any atom is 0.254 e. The molecule has 19 heavy (non-hydrogen) atoms. The first-order valence-electron chi connectivity index (χ1n) is 5.64. The van der Waals surface area contributed by atoms with Crippen molar-refractivity contribution in [2.75, 3.05) is 5.73 Å². The van der Waals surface area contributed by atoms with Crippen molar-refractivity contribution in [2.45, 2.75) is 6.54 Å². The highest BCUT2D eigenvalue weighted by atomic mass is 35.5. The Labute approximate surface area is 115 Å². The molecule has 0 radical (unpaired) electrons. The summed E-state index contributed by atoms with van der Waals surface area (Å²) in [5, 5.41) is 3.26. The minimum absolute atomic E-state index is 0.0248. The number of carbonyl (C=O) groups excluding carboxylic acids is 1. The average Bonchev–Trinajstić information content (AvgIpc) is 2.37. The largest absolute Gasteiger partial charge is 0.399 e. The van der Waals surface area contributed by atoms with E-state index in [-0.39, 0.29) is 11.3 Å². The second-order valence-electron chi connectivity index (χ2n) is 4.05. The Morgan fingerprint density at radius 3 is 2.53 bits per heavy atom. The van der Waals surface area contributed by atoms with Gasteiger partial charge in [0.1, 0.15) is 5.82 Å². The molecule has 0 saturated heterocycles. The van der Waals surface area contributed by atoms with Gasteiger partial charge in [0.25, 0.3) is 5.91 Å². The number of benzene rings is 2. The van der Waals surface area contributed by atoms with E-state index in [4.69, 9.17) is 17.3 Å². The number of carbonyl (C=O) groups is 1. The number of anilines is 1. The van der Waals surface area contributed by atoms with Gasteiger partial charge in [-0.25, -0.2) is 4.39 Å². The topological polar surface area (TPSA) is 55.1 Å². The lowest BCUT2D eigenvalue weighted by molar-refractivity contribution is 0.0947. The maximum absolute atomic E-state index is 13.5. The average molecular weight is 279 g/mol. The van der Waals surface area contributed by atoms with Crippen molar-refractivity contribution in [2.24, 2.45) is 0 Å². The van der Waals surface area contributed by atoms with Crippen LogP contribution in [0.4, 0.5) is 10.1 Å². The van der Waals surface area contributed by atoms with E-state index in [1.54, 1.807) is 24.3 Å². The molecule has 0 atom stereocenters. The smallest absolute Gasteiger partial charge is 0.254 e. The number of hydrogen-bond donors (Lipinski definition) is 2. The van der Waals surface area contributed by atoms with Crippen LogP contribution in [0.3, 0.4) is 0 Å². The third kappa shape index (κ3) is 3.45. The molecule has 2 rings (SSSR count). The molecule has 98 valence electrons. The molecule has 0 saturated carbocycles. The zero-order valence-electron chi connectivity index (χ0n) is 9.99. The number of halogens is 2. The molecule has 2 aromatic rings. The lowest BCUT2D eigenvalue weighted by Crippen LogP contribution is -2.23. The fourth-order valence-corrected chi connectivity index (χ4v) is 1.72. The van der Waals surface area contributed by atoms with E-state index in [9.17, 15) is 9.18 Å². The molecular formula is C14H12ClFN2O. The number of nitrogens with two attached hydrogens (primary N) is 1. The molecule has 0 aliphatic rings. The van der Waals surface area contributed by atoms with Crippen molar-refractivity contribution < 1.29 is 9.18 Å². The lowest BCUT2D eigenvalue weighted by Gasteiger charge is -2.07. The van der Waals surface area contributed by atoms with Crippen LogP contribution in [0.5, 0.6) is 0 Å². The van der Waals surface area contributed by atoms with Gasteiger partial charge < -0.3 is 11.1 Å². The predicted octanol–water partition coefficient (Wildman–Crippen LogP) is 2.99. The van der Waals surface area contributed by atoms with Crippen LogP contribution < -0.4 is 11.1 Å². The predicted molar refractivity (Wildman–Crippen MR) is 73.4 cm³/mol. The fraction of sp³-hybridized carbons (Fsp3) is 0.0714. The summed E-state index contributed by atoms with van der Waals surface area (Å²) in [6, 6.07) is 11.0. The second-order valence-corrected chi connectivity index (χ2v) is 4.48. The van der Waals surface area contributed by atoms with Gasteiger partial charge >= 0.3 is 0 Å². The van der Waals surface area contributed by atoms with Gasteiger partial charge in [0.15, 0.2) is 0 Å². The highest BCUT2D eigenvalue weighted by Gasteiger charge is 2.11. The van der Waals surface area contributed by atoms with Crippen LogP contribution in [0.25, 0.3) is 0 Å². The molecule has 0 unspecified atom stereocenters. The minimum Gasteiger partial charge on any atom is -0.399 e. The Balaban J connectivity index is 2.03. The minimum atomic E-state index is -0.631. The van der Waals surface area contributed by atoms with Crippen LogP contribution in [0.1, 0.15) is 15.9 Å². The van der Waals surface area contributed by atoms with Gasteiger partial charge in [0, 0.05) is 17.3 Å². The van der Waals surface area contributed by atoms with Gasteiger partial charge in [-0.05, 0) is 35.9 Å². The SMILES string of the molecule is Nc1ccc(C(=O)NCc2ccc(Cl)cc2)c(F)c1. The first kappa shape index (κ1) is 13.4. The Bertz CT molecular complexity index is 599. The van der Waals surface area contributed by atoms with Crippen molar-refractivity contribution in [3.8, 4) is 0 Å². The van der Waals surface area contributed by atoms with Gasteiger partial charge in [0.05, 0.1) is 5.56 Å². The summed E-state index contributed by atoms with van der Waals surface area (Å²) in [5.41, 5.74) is 6.56. The first-order valence-corrected chi connectivity index (χ1v) is 6.02. The lowest BCUT2D eigenvalue weighted by atomic mass is 10.1. The van der Waals surface area contributed by atoms with Gasteiger partial charge in [-0.1, -0.05) is 23.7 Å². The summed E-state index contributed by atoms with van der Waals surface area (Å²) >= 11 is 5.76. The molecule has 5 heteroatoms. The normalized spacial score (nSPS) is 10.2. The maximum atomic E-state index is 13.5. The van der Waals surface area contributed by atoms with E-state index >= 15 is 0 Å². The molecule has 2 aromatic carbocycles. The summed E-state index contributed by atoms with van der Waals surface area (Å²) < 4.78 is 13.5. The Morgan fingerprint density at radius 2 is 1.89 bits per heavy atom. The monoisotopic (exact) mass is 278 g/mol. The van der Waals surface area contributed by atoms with Gasteiger partial charge in [0.2, 0.25) is 0 Å². The van der Waals surface area contributed by atoms with E-state index in [1.165, 1.54) is 12.1 Å². The molecule has 0 aliphatic heterocycles. The Morgan fingerprint density at radius 1 is 1.21 bits per heavy atom. The second kappa shape index (κ2) is 5.71. The van der Waals surface area contributed by atoms with Crippen LogP contribution in [0.2, 0.25) is 5.02 Å². The van der Waals surface area contributed by atoms with Gasteiger partial charge in [-0.15, -0.1) is 0 Å². The van der Waals surface area contributed by atoms with Crippen molar-refractivity contribution in [3.05, 3.63) is 64.4 Å². The van der Waals surface area contributed by atoms with Crippen molar-refractivity contribution >= 4 is 23.2 Å². The molecular weight excluding hydrogens is 267 g/mol. The fourth-order valence-electron chi connectivity index (χ4n) is 1.60. The number of rotatable bonds is 3. The van der Waals surface area contributed by atoms with Gasteiger partial charge in [-0.2, -0.15) is 0 Å². The third-order valence-electron chi connectivity index (χ3n) is 2.60. The van der Waals surface area contributed by atoms with Crippen molar-refractivity contribution in [1.82, 2.24) is 5.32 Å². The van der Waals surface area contributed by atoms with E-state index in [1.807, 2.05) is 0 Å². The Kier molecular flexibility index (Phi) is 4.02. The third-order valence-corrected chi connectivity index (χ3v) is 2.86. The first-order chi connectivity index (χ1) is 9.06. The molecule has 0 aromatic heterocycles. The molecule has 1 amide bonds. The summed E-state index contributed by atoms with van der Waals surface area (Å²) in [6.07, 6.45) is 0. The Hall–Kier alpha value is -2.07. The molecule has 3 N–H and O–H groups in total. The summed E-state index contributed by atoms with van der Waals surface area (Å²) in [6.45, 7) is 0.305. The van der Waals surface area contributed by atoms with Crippen LogP contribution in [0.15, 0.2) is 42.5 Å². The van der Waals surface area contributed by atoms with E-state index in [0.717, 1.165) is 11.6 Å². The molecule has 0 aliphatic carbocycles. The van der Waals surface area contributed by atoms with Crippen molar-refractivity contribution in [3.63, 3.8) is 0 Å².